The van der Waals surface area contributed by atoms with Crippen molar-refractivity contribution in [3.63, 3.8) is 0 Å². The van der Waals surface area contributed by atoms with Crippen LogP contribution in [0.1, 0.15) is 33.6 Å². The van der Waals surface area contributed by atoms with Crippen LogP contribution in [0.3, 0.4) is 0 Å². The van der Waals surface area contributed by atoms with Crippen molar-refractivity contribution in [2.45, 2.75) is 34.6 Å². The number of amides is 2. The van der Waals surface area contributed by atoms with E-state index in [9.17, 15) is 9.59 Å². The molecule has 30 heavy (non-hydrogen) atoms. The quantitative estimate of drug-likeness (QED) is 0.391. The molecule has 0 atom stereocenters. The fourth-order valence-corrected chi connectivity index (χ4v) is 3.35. The average molecular weight is 402 g/mol. The number of anilines is 1. The molecule has 0 radical (unpaired) electrons. The van der Waals surface area contributed by atoms with Gasteiger partial charge in [-0.3, -0.25) is 9.59 Å². The molecule has 0 saturated heterocycles. The van der Waals surface area contributed by atoms with Gasteiger partial charge in [0.2, 0.25) is 0 Å². The first-order chi connectivity index (χ1) is 14.3. The lowest BCUT2D eigenvalue weighted by atomic mass is 10.1. The molecule has 0 aliphatic carbocycles. The second-order valence-electron chi connectivity index (χ2n) is 7.42. The van der Waals surface area contributed by atoms with Crippen molar-refractivity contribution in [2.75, 3.05) is 5.32 Å². The lowest BCUT2D eigenvalue weighted by Crippen LogP contribution is -2.32. The number of carbonyl (C=O) groups is 2. The van der Waals surface area contributed by atoms with Crippen molar-refractivity contribution >= 4 is 23.7 Å². The van der Waals surface area contributed by atoms with Crippen molar-refractivity contribution in [3.05, 3.63) is 82.2 Å². The molecule has 1 aromatic heterocycles. The Morgan fingerprint density at radius 3 is 2.37 bits per heavy atom. The van der Waals surface area contributed by atoms with Gasteiger partial charge in [-0.25, -0.2) is 5.43 Å². The maximum absolute atomic E-state index is 12.1. The van der Waals surface area contributed by atoms with Crippen molar-refractivity contribution in [1.82, 2.24) is 9.99 Å². The Labute approximate surface area is 176 Å². The van der Waals surface area contributed by atoms with Crippen LogP contribution < -0.4 is 10.7 Å². The standard InChI is InChI=1S/C24H26N4O2/c1-15-10-11-17(3)22(12-15)28-18(4)13-20(19(28)5)14-25-27-24(30)23(29)26-21-9-7-6-8-16(21)2/h6-14H,1-5H3,(H,26,29)(H,27,30)/b25-14-. The normalized spacial score (nSPS) is 11.0. The Hall–Kier alpha value is -3.67. The van der Waals surface area contributed by atoms with E-state index in [-0.39, 0.29) is 0 Å². The summed E-state index contributed by atoms with van der Waals surface area (Å²) >= 11 is 0. The van der Waals surface area contributed by atoms with E-state index in [0.29, 0.717) is 5.69 Å². The van der Waals surface area contributed by atoms with E-state index in [4.69, 9.17) is 0 Å². The molecule has 1 heterocycles. The second-order valence-corrected chi connectivity index (χ2v) is 7.42. The highest BCUT2D eigenvalue weighted by molar-refractivity contribution is 6.39. The van der Waals surface area contributed by atoms with Crippen LogP contribution in [-0.2, 0) is 9.59 Å². The van der Waals surface area contributed by atoms with Gasteiger partial charge in [-0.1, -0.05) is 30.3 Å². The van der Waals surface area contributed by atoms with Gasteiger partial charge in [0.15, 0.2) is 0 Å². The number of aryl methyl sites for hydroxylation is 4. The van der Waals surface area contributed by atoms with Crippen LogP contribution in [-0.4, -0.2) is 22.6 Å². The minimum Gasteiger partial charge on any atom is -0.318 e. The number of hydrogen-bond donors (Lipinski definition) is 2. The Morgan fingerprint density at radius 1 is 0.900 bits per heavy atom. The maximum atomic E-state index is 12.1. The van der Waals surface area contributed by atoms with Crippen molar-refractivity contribution in [2.24, 2.45) is 5.10 Å². The van der Waals surface area contributed by atoms with E-state index in [1.54, 1.807) is 18.3 Å². The maximum Gasteiger partial charge on any atom is 0.329 e. The van der Waals surface area contributed by atoms with Gasteiger partial charge in [0.05, 0.1) is 6.21 Å². The van der Waals surface area contributed by atoms with E-state index in [0.717, 1.165) is 28.2 Å². The number of hydrazone groups is 1. The van der Waals surface area contributed by atoms with E-state index in [1.807, 2.05) is 39.0 Å². The van der Waals surface area contributed by atoms with Crippen LogP contribution in [0.25, 0.3) is 5.69 Å². The number of carbonyl (C=O) groups excluding carboxylic acids is 2. The van der Waals surface area contributed by atoms with E-state index < -0.39 is 11.8 Å². The van der Waals surface area contributed by atoms with Crippen LogP contribution in [0.15, 0.2) is 53.6 Å². The number of rotatable bonds is 4. The first-order valence-corrected chi connectivity index (χ1v) is 9.74. The van der Waals surface area contributed by atoms with Crippen LogP contribution in [0.4, 0.5) is 5.69 Å². The molecule has 0 aliphatic heterocycles. The molecular weight excluding hydrogens is 376 g/mol. The molecule has 0 bridgehead atoms. The summed E-state index contributed by atoms with van der Waals surface area (Å²) in [4.78, 5) is 24.2. The van der Waals surface area contributed by atoms with E-state index >= 15 is 0 Å². The van der Waals surface area contributed by atoms with Gasteiger partial charge in [-0.15, -0.1) is 0 Å². The summed E-state index contributed by atoms with van der Waals surface area (Å²) in [6.45, 7) is 10.0. The SMILES string of the molecule is Cc1ccc(C)c(-n2c(C)cc(/C=N\NC(=O)C(=O)Nc3ccccc3C)c2C)c1. The van der Waals surface area contributed by atoms with E-state index in [1.165, 1.54) is 11.1 Å². The molecule has 6 nitrogen and oxygen atoms in total. The lowest BCUT2D eigenvalue weighted by molar-refractivity contribution is -0.136. The first kappa shape index (κ1) is 21.0. The second kappa shape index (κ2) is 8.78. The molecule has 0 unspecified atom stereocenters. The molecule has 154 valence electrons. The third-order valence-electron chi connectivity index (χ3n) is 5.05. The van der Waals surface area contributed by atoms with Gasteiger partial charge in [0.1, 0.15) is 0 Å². The monoisotopic (exact) mass is 402 g/mol. The van der Waals surface area contributed by atoms with Gasteiger partial charge in [0, 0.05) is 28.3 Å². The molecule has 2 N–H and O–H groups in total. The fourth-order valence-electron chi connectivity index (χ4n) is 3.35. The number of aromatic nitrogens is 1. The smallest absolute Gasteiger partial charge is 0.318 e. The van der Waals surface area contributed by atoms with Gasteiger partial charge in [-0.05, 0) is 69.5 Å². The zero-order valence-corrected chi connectivity index (χ0v) is 17.9. The number of nitrogens with one attached hydrogen (secondary N) is 2. The number of hydrogen-bond acceptors (Lipinski definition) is 3. The molecule has 0 saturated carbocycles. The zero-order valence-electron chi connectivity index (χ0n) is 17.9. The highest BCUT2D eigenvalue weighted by Gasteiger charge is 2.15. The third kappa shape index (κ3) is 4.49. The molecule has 3 aromatic rings. The van der Waals surface area contributed by atoms with Crippen molar-refractivity contribution < 1.29 is 9.59 Å². The van der Waals surface area contributed by atoms with E-state index in [2.05, 4.69) is 52.5 Å². The number of nitrogens with zero attached hydrogens (tertiary/aromatic N) is 2. The Morgan fingerprint density at radius 2 is 1.63 bits per heavy atom. The molecule has 0 spiro atoms. The van der Waals surface area contributed by atoms with Crippen LogP contribution in [0, 0.1) is 34.6 Å². The molecule has 0 aliphatic rings. The summed E-state index contributed by atoms with van der Waals surface area (Å²) in [5.41, 5.74) is 10.2. The molecule has 0 fully saturated rings. The van der Waals surface area contributed by atoms with Gasteiger partial charge in [0.25, 0.3) is 0 Å². The molecule has 6 heteroatoms. The molecule has 3 rings (SSSR count). The summed E-state index contributed by atoms with van der Waals surface area (Å²) < 4.78 is 2.16. The number of benzene rings is 2. The predicted octanol–water partition coefficient (Wildman–Crippen LogP) is 4.11. The largest absolute Gasteiger partial charge is 0.329 e. The fraction of sp³-hybridized carbons (Fsp3) is 0.208. The first-order valence-electron chi connectivity index (χ1n) is 9.74. The lowest BCUT2D eigenvalue weighted by Gasteiger charge is -2.13. The zero-order chi connectivity index (χ0) is 21.8. The van der Waals surface area contributed by atoms with Gasteiger partial charge in [-0.2, -0.15) is 5.10 Å². The summed E-state index contributed by atoms with van der Waals surface area (Å²) in [5.74, 6) is -1.58. The van der Waals surface area contributed by atoms with Crippen molar-refractivity contribution in [1.29, 1.82) is 0 Å². The summed E-state index contributed by atoms with van der Waals surface area (Å²) in [6, 6.07) is 15.6. The topological polar surface area (TPSA) is 75.5 Å². The van der Waals surface area contributed by atoms with Crippen molar-refractivity contribution in [3.8, 4) is 5.69 Å². The molecular formula is C24H26N4O2. The molecule has 2 amide bonds. The summed E-state index contributed by atoms with van der Waals surface area (Å²) in [6.07, 6.45) is 1.56. The minimum atomic E-state index is -0.821. The highest BCUT2D eigenvalue weighted by atomic mass is 16.2. The Bertz CT molecular complexity index is 1140. The molecule has 2 aromatic carbocycles. The van der Waals surface area contributed by atoms with Crippen LogP contribution in [0.5, 0.6) is 0 Å². The summed E-state index contributed by atoms with van der Waals surface area (Å²) in [7, 11) is 0. The Balaban J connectivity index is 1.72. The highest BCUT2D eigenvalue weighted by Crippen LogP contribution is 2.23. The number of para-hydroxylation sites is 1. The predicted molar refractivity (Wildman–Crippen MR) is 120 cm³/mol. The third-order valence-corrected chi connectivity index (χ3v) is 5.05. The minimum absolute atomic E-state index is 0.596. The Kier molecular flexibility index (Phi) is 6.16. The van der Waals surface area contributed by atoms with Crippen LogP contribution in [0.2, 0.25) is 0 Å². The summed E-state index contributed by atoms with van der Waals surface area (Å²) in [5, 5.41) is 6.56. The average Bonchev–Trinajstić information content (AvgIpc) is 2.98. The van der Waals surface area contributed by atoms with Gasteiger partial charge < -0.3 is 9.88 Å². The van der Waals surface area contributed by atoms with Crippen LogP contribution >= 0.6 is 0 Å². The van der Waals surface area contributed by atoms with Gasteiger partial charge >= 0.3 is 11.8 Å².